The molecule has 1 aliphatic heterocycles. The van der Waals surface area contributed by atoms with Crippen LogP contribution in [0.3, 0.4) is 0 Å². The van der Waals surface area contributed by atoms with Crippen LogP contribution in [-0.2, 0) is 13.5 Å². The number of aromatic nitrogens is 3. The second-order valence-electron chi connectivity index (χ2n) is 6.24. The number of amides is 1. The number of benzene rings is 1. The van der Waals surface area contributed by atoms with Gasteiger partial charge >= 0.3 is 0 Å². The molecular weight excluding hydrogens is 334 g/mol. The minimum Gasteiger partial charge on any atom is -0.398 e. The molecule has 4 rings (SSSR count). The molecule has 0 atom stereocenters. The van der Waals surface area contributed by atoms with Gasteiger partial charge in [-0.05, 0) is 37.5 Å². The Morgan fingerprint density at radius 2 is 2.20 bits per heavy atom. The quantitative estimate of drug-likeness (QED) is 0.719. The largest absolute Gasteiger partial charge is 0.398 e. The lowest BCUT2D eigenvalue weighted by Crippen LogP contribution is -2.35. The van der Waals surface area contributed by atoms with Gasteiger partial charge in [-0.15, -0.1) is 11.3 Å². The van der Waals surface area contributed by atoms with Crippen molar-refractivity contribution in [2.75, 3.05) is 17.2 Å². The van der Waals surface area contributed by atoms with Crippen LogP contribution in [0.15, 0.2) is 30.6 Å². The van der Waals surface area contributed by atoms with E-state index in [2.05, 4.69) is 10.1 Å². The fourth-order valence-corrected chi connectivity index (χ4v) is 4.23. The summed E-state index contributed by atoms with van der Waals surface area (Å²) >= 11 is 1.42. The van der Waals surface area contributed by atoms with Gasteiger partial charge in [0.25, 0.3) is 5.91 Å². The molecule has 3 aromatic rings. The van der Waals surface area contributed by atoms with Crippen LogP contribution >= 0.6 is 11.3 Å². The van der Waals surface area contributed by atoms with Gasteiger partial charge in [0.1, 0.15) is 9.88 Å². The summed E-state index contributed by atoms with van der Waals surface area (Å²) in [6.45, 7) is 2.59. The van der Waals surface area contributed by atoms with Crippen molar-refractivity contribution < 1.29 is 4.79 Å². The van der Waals surface area contributed by atoms with Crippen molar-refractivity contribution in [3.8, 4) is 10.6 Å². The molecule has 7 heteroatoms. The number of thiazole rings is 1. The monoisotopic (exact) mass is 353 g/mol. The SMILES string of the molecule is Cc1nc(-c2cnn(C)c2)sc1C(=O)N1CCCc2c(N)cccc21. The number of nitrogens with zero attached hydrogens (tertiary/aromatic N) is 4. The van der Waals surface area contributed by atoms with E-state index in [0.717, 1.165) is 46.0 Å². The molecule has 6 nitrogen and oxygen atoms in total. The van der Waals surface area contributed by atoms with Crippen molar-refractivity contribution in [2.24, 2.45) is 7.05 Å². The van der Waals surface area contributed by atoms with Crippen molar-refractivity contribution >= 4 is 28.6 Å². The van der Waals surface area contributed by atoms with Gasteiger partial charge in [0.15, 0.2) is 0 Å². The molecule has 0 spiro atoms. The first kappa shape index (κ1) is 15.8. The van der Waals surface area contributed by atoms with Crippen molar-refractivity contribution in [3.05, 3.63) is 46.7 Å². The highest BCUT2D eigenvalue weighted by Gasteiger charge is 2.27. The van der Waals surface area contributed by atoms with E-state index >= 15 is 0 Å². The number of anilines is 2. The molecule has 1 aromatic carbocycles. The van der Waals surface area contributed by atoms with Crippen LogP contribution in [-0.4, -0.2) is 27.2 Å². The van der Waals surface area contributed by atoms with Gasteiger partial charge in [-0.25, -0.2) is 4.98 Å². The molecule has 1 aliphatic rings. The van der Waals surface area contributed by atoms with E-state index in [9.17, 15) is 4.79 Å². The molecule has 1 amide bonds. The Morgan fingerprint density at radius 1 is 1.36 bits per heavy atom. The van der Waals surface area contributed by atoms with E-state index < -0.39 is 0 Å². The van der Waals surface area contributed by atoms with Crippen LogP contribution in [0.25, 0.3) is 10.6 Å². The number of rotatable bonds is 2. The van der Waals surface area contributed by atoms with Gasteiger partial charge in [-0.2, -0.15) is 5.10 Å². The van der Waals surface area contributed by atoms with Crippen molar-refractivity contribution in [1.82, 2.24) is 14.8 Å². The number of carbonyl (C=O) groups excluding carboxylic acids is 1. The Balaban J connectivity index is 1.71. The molecular formula is C18H19N5OS. The van der Waals surface area contributed by atoms with Crippen LogP contribution in [0.4, 0.5) is 11.4 Å². The molecule has 25 heavy (non-hydrogen) atoms. The normalized spacial score (nSPS) is 13.8. The molecule has 128 valence electrons. The fraction of sp³-hybridized carbons (Fsp3) is 0.278. The lowest BCUT2D eigenvalue weighted by Gasteiger charge is -2.30. The molecule has 0 saturated carbocycles. The van der Waals surface area contributed by atoms with E-state index in [1.165, 1.54) is 11.3 Å². The molecule has 0 fully saturated rings. The van der Waals surface area contributed by atoms with Crippen molar-refractivity contribution in [1.29, 1.82) is 0 Å². The molecule has 0 unspecified atom stereocenters. The van der Waals surface area contributed by atoms with E-state index in [0.29, 0.717) is 11.4 Å². The molecule has 0 aliphatic carbocycles. The summed E-state index contributed by atoms with van der Waals surface area (Å²) < 4.78 is 1.73. The van der Waals surface area contributed by atoms with E-state index in [1.807, 2.05) is 43.3 Å². The average molecular weight is 353 g/mol. The van der Waals surface area contributed by atoms with Crippen LogP contribution < -0.4 is 10.6 Å². The minimum atomic E-state index is -0.00306. The average Bonchev–Trinajstić information content (AvgIpc) is 3.20. The van der Waals surface area contributed by atoms with Gasteiger partial charge < -0.3 is 10.6 Å². The van der Waals surface area contributed by atoms with Crippen LogP contribution in [0.2, 0.25) is 0 Å². The molecule has 0 radical (unpaired) electrons. The lowest BCUT2D eigenvalue weighted by molar-refractivity contribution is 0.0988. The lowest BCUT2D eigenvalue weighted by atomic mass is 9.99. The van der Waals surface area contributed by atoms with Gasteiger partial charge in [0.05, 0.1) is 11.9 Å². The number of fused-ring (bicyclic) bond motifs is 1. The van der Waals surface area contributed by atoms with Gasteiger partial charge in [-0.3, -0.25) is 9.48 Å². The first-order valence-electron chi connectivity index (χ1n) is 8.20. The maximum absolute atomic E-state index is 13.2. The van der Waals surface area contributed by atoms with Gasteiger partial charge in [0.2, 0.25) is 0 Å². The Kier molecular flexibility index (Phi) is 3.80. The molecule has 3 heterocycles. The minimum absolute atomic E-state index is 0.00306. The first-order valence-corrected chi connectivity index (χ1v) is 9.02. The Hall–Kier alpha value is -2.67. The van der Waals surface area contributed by atoms with E-state index in [4.69, 9.17) is 5.73 Å². The number of nitrogen functional groups attached to an aromatic ring is 1. The second kappa shape index (κ2) is 6.00. The van der Waals surface area contributed by atoms with Gasteiger partial charge in [0, 0.05) is 36.7 Å². The van der Waals surface area contributed by atoms with Crippen LogP contribution in [0.5, 0.6) is 0 Å². The smallest absolute Gasteiger partial charge is 0.270 e. The summed E-state index contributed by atoms with van der Waals surface area (Å²) in [6.07, 6.45) is 5.50. The predicted octanol–water partition coefficient (Wildman–Crippen LogP) is 3.03. The molecule has 2 aromatic heterocycles. The predicted molar refractivity (Wildman–Crippen MR) is 99.9 cm³/mol. The zero-order valence-electron chi connectivity index (χ0n) is 14.2. The standard InChI is InChI=1S/C18H19N5OS/c1-11-16(25-17(21-11)12-9-20-22(2)10-12)18(24)23-8-4-5-13-14(19)6-3-7-15(13)23/h3,6-7,9-10H,4-5,8,19H2,1-2H3. The van der Waals surface area contributed by atoms with Crippen LogP contribution in [0.1, 0.15) is 27.3 Å². The van der Waals surface area contributed by atoms with Crippen molar-refractivity contribution in [2.45, 2.75) is 19.8 Å². The number of nitrogens with two attached hydrogens (primary N) is 1. The molecule has 2 N–H and O–H groups in total. The topological polar surface area (TPSA) is 77.0 Å². The second-order valence-corrected chi connectivity index (χ2v) is 7.24. The highest BCUT2D eigenvalue weighted by Crippen LogP contribution is 2.34. The summed E-state index contributed by atoms with van der Waals surface area (Å²) in [5.41, 5.74) is 10.5. The van der Waals surface area contributed by atoms with Crippen LogP contribution in [0, 0.1) is 6.92 Å². The number of carbonyl (C=O) groups is 1. The zero-order chi connectivity index (χ0) is 17.6. The molecule has 0 bridgehead atoms. The van der Waals surface area contributed by atoms with Crippen molar-refractivity contribution in [3.63, 3.8) is 0 Å². The van der Waals surface area contributed by atoms with E-state index in [1.54, 1.807) is 10.9 Å². The summed E-state index contributed by atoms with van der Waals surface area (Å²) in [4.78, 5) is 20.3. The Bertz CT molecular complexity index is 958. The fourth-order valence-electron chi connectivity index (χ4n) is 3.24. The summed E-state index contributed by atoms with van der Waals surface area (Å²) in [7, 11) is 1.87. The number of hydrogen-bond donors (Lipinski definition) is 1. The third-order valence-corrected chi connectivity index (χ3v) is 5.67. The first-order chi connectivity index (χ1) is 12.0. The Labute approximate surface area is 149 Å². The maximum Gasteiger partial charge on any atom is 0.270 e. The van der Waals surface area contributed by atoms with Gasteiger partial charge in [-0.1, -0.05) is 6.07 Å². The molecule has 0 saturated heterocycles. The number of hydrogen-bond acceptors (Lipinski definition) is 5. The summed E-state index contributed by atoms with van der Waals surface area (Å²) in [6, 6.07) is 5.77. The summed E-state index contributed by atoms with van der Waals surface area (Å²) in [5.74, 6) is -0.00306. The maximum atomic E-state index is 13.2. The zero-order valence-corrected chi connectivity index (χ0v) is 15.0. The highest BCUT2D eigenvalue weighted by molar-refractivity contribution is 7.17. The number of aryl methyl sites for hydroxylation is 2. The third kappa shape index (κ3) is 2.70. The summed E-state index contributed by atoms with van der Waals surface area (Å²) in [5, 5.41) is 5.00. The third-order valence-electron chi connectivity index (χ3n) is 4.47. The highest BCUT2D eigenvalue weighted by atomic mass is 32.1. The Morgan fingerprint density at radius 3 is 2.96 bits per heavy atom. The van der Waals surface area contributed by atoms with E-state index in [-0.39, 0.29) is 5.91 Å².